The van der Waals surface area contributed by atoms with Gasteiger partial charge in [-0.05, 0) is 30.7 Å². The molecule has 1 atom stereocenters. The average molecular weight is 298 g/mol. The molecular formula is C19H19FO2. The van der Waals surface area contributed by atoms with Gasteiger partial charge < -0.3 is 9.84 Å². The van der Waals surface area contributed by atoms with Crippen LogP contribution >= 0.6 is 0 Å². The Hall–Kier alpha value is -2.31. The number of ether oxygens (including phenoxy) is 1. The highest BCUT2D eigenvalue weighted by Crippen LogP contribution is 2.30. The molecule has 2 aromatic rings. The SMILES string of the molecule is C#CC(O)(c1ccc(F)cc1)c1ccc(OCCCC)cc1. The normalized spacial score (nSPS) is 13.2. The Kier molecular flexibility index (Phi) is 5.19. The van der Waals surface area contributed by atoms with Crippen LogP contribution in [0, 0.1) is 18.2 Å². The van der Waals surface area contributed by atoms with E-state index in [1.54, 1.807) is 24.3 Å². The molecule has 2 aromatic carbocycles. The van der Waals surface area contributed by atoms with Crippen LogP contribution in [0.5, 0.6) is 5.75 Å². The first-order valence-corrected chi connectivity index (χ1v) is 7.29. The summed E-state index contributed by atoms with van der Waals surface area (Å²) in [5.41, 5.74) is -0.587. The van der Waals surface area contributed by atoms with Crippen LogP contribution in [0.1, 0.15) is 30.9 Å². The van der Waals surface area contributed by atoms with Crippen molar-refractivity contribution in [2.45, 2.75) is 25.4 Å². The van der Waals surface area contributed by atoms with Crippen LogP contribution < -0.4 is 4.74 Å². The molecule has 0 heterocycles. The Morgan fingerprint density at radius 2 is 1.64 bits per heavy atom. The molecule has 0 amide bonds. The summed E-state index contributed by atoms with van der Waals surface area (Å²) < 4.78 is 18.6. The Bertz CT molecular complexity index is 641. The molecule has 0 aliphatic rings. The number of terminal acetylenes is 1. The molecule has 0 aliphatic carbocycles. The molecule has 0 aromatic heterocycles. The van der Waals surface area contributed by atoms with Crippen LogP contribution in [0.15, 0.2) is 48.5 Å². The highest BCUT2D eigenvalue weighted by Gasteiger charge is 2.29. The first-order valence-electron chi connectivity index (χ1n) is 7.29. The van der Waals surface area contributed by atoms with E-state index in [4.69, 9.17) is 11.2 Å². The van der Waals surface area contributed by atoms with Gasteiger partial charge in [-0.25, -0.2) is 4.39 Å². The second-order valence-corrected chi connectivity index (χ2v) is 5.09. The standard InChI is InChI=1S/C19H19FO2/c1-3-5-14-22-18-12-8-16(9-13-18)19(21,4-2)15-6-10-17(20)11-7-15/h2,6-13,21H,3,5,14H2,1H3. The quantitative estimate of drug-likeness (QED) is 0.648. The Morgan fingerprint density at radius 1 is 1.09 bits per heavy atom. The molecule has 2 rings (SSSR count). The van der Waals surface area contributed by atoms with Gasteiger partial charge in [-0.1, -0.05) is 43.5 Å². The molecule has 0 bridgehead atoms. The second kappa shape index (κ2) is 7.11. The lowest BCUT2D eigenvalue weighted by Crippen LogP contribution is -2.25. The van der Waals surface area contributed by atoms with Crippen molar-refractivity contribution in [3.8, 4) is 18.1 Å². The van der Waals surface area contributed by atoms with Crippen molar-refractivity contribution < 1.29 is 14.2 Å². The largest absolute Gasteiger partial charge is 0.494 e. The van der Waals surface area contributed by atoms with Crippen molar-refractivity contribution in [2.75, 3.05) is 6.61 Å². The summed E-state index contributed by atoms with van der Waals surface area (Å²) in [4.78, 5) is 0. The number of aliphatic hydroxyl groups is 1. The fourth-order valence-corrected chi connectivity index (χ4v) is 2.15. The molecule has 0 spiro atoms. The van der Waals surface area contributed by atoms with Crippen molar-refractivity contribution in [3.63, 3.8) is 0 Å². The van der Waals surface area contributed by atoms with Gasteiger partial charge in [0, 0.05) is 11.1 Å². The minimum atomic E-state index is -1.59. The molecule has 114 valence electrons. The predicted octanol–water partition coefficient (Wildman–Crippen LogP) is 3.87. The summed E-state index contributed by atoms with van der Waals surface area (Å²) in [7, 11) is 0. The summed E-state index contributed by atoms with van der Waals surface area (Å²) in [5, 5.41) is 10.8. The molecule has 2 nitrogen and oxygen atoms in total. The minimum Gasteiger partial charge on any atom is -0.494 e. The number of hydrogen-bond acceptors (Lipinski definition) is 2. The van der Waals surface area contributed by atoms with Crippen LogP contribution in [0.4, 0.5) is 4.39 Å². The predicted molar refractivity (Wildman–Crippen MR) is 85.1 cm³/mol. The number of rotatable bonds is 6. The Morgan fingerprint density at radius 3 is 2.14 bits per heavy atom. The van der Waals surface area contributed by atoms with Gasteiger partial charge in [0.2, 0.25) is 0 Å². The van der Waals surface area contributed by atoms with Crippen LogP contribution in [-0.2, 0) is 5.60 Å². The van der Waals surface area contributed by atoms with Crippen LogP contribution in [-0.4, -0.2) is 11.7 Å². The number of unbranched alkanes of at least 4 members (excludes halogenated alkanes) is 1. The van der Waals surface area contributed by atoms with Gasteiger partial charge in [-0.3, -0.25) is 0 Å². The van der Waals surface area contributed by atoms with E-state index in [1.165, 1.54) is 24.3 Å². The zero-order valence-electron chi connectivity index (χ0n) is 12.6. The average Bonchev–Trinajstić information content (AvgIpc) is 2.55. The maximum atomic E-state index is 13.0. The van der Waals surface area contributed by atoms with Gasteiger partial charge in [0.05, 0.1) is 6.61 Å². The monoisotopic (exact) mass is 298 g/mol. The summed E-state index contributed by atoms with van der Waals surface area (Å²) >= 11 is 0. The number of benzene rings is 2. The van der Waals surface area contributed by atoms with Crippen molar-refractivity contribution in [1.82, 2.24) is 0 Å². The lowest BCUT2D eigenvalue weighted by atomic mass is 9.87. The number of halogens is 1. The van der Waals surface area contributed by atoms with E-state index in [2.05, 4.69) is 12.8 Å². The maximum absolute atomic E-state index is 13.0. The van der Waals surface area contributed by atoms with Gasteiger partial charge in [-0.15, -0.1) is 6.42 Å². The van der Waals surface area contributed by atoms with E-state index in [9.17, 15) is 9.50 Å². The third-order valence-electron chi connectivity index (χ3n) is 3.51. The van der Waals surface area contributed by atoms with Crippen LogP contribution in [0.3, 0.4) is 0 Å². The Balaban J connectivity index is 2.24. The lowest BCUT2D eigenvalue weighted by Gasteiger charge is -2.23. The summed E-state index contributed by atoms with van der Waals surface area (Å²) in [6, 6.07) is 12.5. The first-order chi connectivity index (χ1) is 10.6. The first kappa shape index (κ1) is 16.1. The molecule has 1 N–H and O–H groups in total. The minimum absolute atomic E-state index is 0.372. The third-order valence-corrected chi connectivity index (χ3v) is 3.51. The molecule has 1 unspecified atom stereocenters. The summed E-state index contributed by atoms with van der Waals surface area (Å²) in [6.45, 7) is 2.76. The highest BCUT2D eigenvalue weighted by molar-refractivity contribution is 5.45. The molecule has 0 radical (unpaired) electrons. The van der Waals surface area contributed by atoms with Gasteiger partial charge in [0.15, 0.2) is 5.60 Å². The summed E-state index contributed by atoms with van der Waals surface area (Å²) in [6.07, 6.45) is 7.58. The topological polar surface area (TPSA) is 29.5 Å². The van der Waals surface area contributed by atoms with Crippen molar-refractivity contribution in [3.05, 3.63) is 65.5 Å². The van der Waals surface area contributed by atoms with E-state index < -0.39 is 5.60 Å². The molecule has 3 heteroatoms. The fourth-order valence-electron chi connectivity index (χ4n) is 2.15. The van der Waals surface area contributed by atoms with Gasteiger partial charge in [-0.2, -0.15) is 0 Å². The zero-order valence-corrected chi connectivity index (χ0v) is 12.6. The maximum Gasteiger partial charge on any atom is 0.176 e. The molecule has 0 aliphatic heterocycles. The van der Waals surface area contributed by atoms with E-state index in [-0.39, 0.29) is 5.82 Å². The lowest BCUT2D eigenvalue weighted by molar-refractivity contribution is 0.145. The van der Waals surface area contributed by atoms with E-state index in [1.807, 2.05) is 0 Å². The van der Waals surface area contributed by atoms with Crippen molar-refractivity contribution in [2.24, 2.45) is 0 Å². The number of hydrogen-bond donors (Lipinski definition) is 1. The molecule has 0 saturated carbocycles. The van der Waals surface area contributed by atoms with E-state index >= 15 is 0 Å². The van der Waals surface area contributed by atoms with Crippen molar-refractivity contribution in [1.29, 1.82) is 0 Å². The van der Waals surface area contributed by atoms with Crippen LogP contribution in [0.25, 0.3) is 0 Å². The fraction of sp³-hybridized carbons (Fsp3) is 0.263. The zero-order chi connectivity index (χ0) is 16.0. The van der Waals surface area contributed by atoms with E-state index in [0.29, 0.717) is 17.7 Å². The smallest absolute Gasteiger partial charge is 0.176 e. The van der Waals surface area contributed by atoms with Crippen molar-refractivity contribution >= 4 is 0 Å². The highest BCUT2D eigenvalue weighted by atomic mass is 19.1. The van der Waals surface area contributed by atoms with Crippen LogP contribution in [0.2, 0.25) is 0 Å². The van der Waals surface area contributed by atoms with Gasteiger partial charge >= 0.3 is 0 Å². The molecular weight excluding hydrogens is 279 g/mol. The molecule has 0 saturated heterocycles. The molecule has 22 heavy (non-hydrogen) atoms. The van der Waals surface area contributed by atoms with Gasteiger partial charge in [0.1, 0.15) is 11.6 Å². The second-order valence-electron chi connectivity index (χ2n) is 5.09. The third kappa shape index (κ3) is 3.47. The Labute approximate surface area is 130 Å². The van der Waals surface area contributed by atoms with E-state index in [0.717, 1.165) is 18.6 Å². The van der Waals surface area contributed by atoms with Gasteiger partial charge in [0.25, 0.3) is 0 Å². The summed E-state index contributed by atoms with van der Waals surface area (Å²) in [5.74, 6) is 2.75. The molecule has 0 fully saturated rings.